The van der Waals surface area contributed by atoms with Gasteiger partial charge in [-0.15, -0.1) is 0 Å². The van der Waals surface area contributed by atoms with Crippen LogP contribution >= 0.6 is 11.6 Å². The maximum atomic E-state index is 12.4. The van der Waals surface area contributed by atoms with Crippen molar-refractivity contribution in [1.82, 2.24) is 4.98 Å². The van der Waals surface area contributed by atoms with Crippen LogP contribution in [0.15, 0.2) is 30.3 Å². The number of hydrogen-bond acceptors (Lipinski definition) is 4. The van der Waals surface area contributed by atoms with Gasteiger partial charge in [0.2, 0.25) is 0 Å². The summed E-state index contributed by atoms with van der Waals surface area (Å²) in [5.41, 5.74) is 1.61. The zero-order chi connectivity index (χ0) is 15.4. The number of ether oxygens (including phenoxy) is 2. The molecule has 0 atom stereocenters. The van der Waals surface area contributed by atoms with Crippen LogP contribution in [0.5, 0.6) is 11.5 Å². The SMILES string of the molecule is COc1cccc(C(=O)Nc2ccc(Cl)nc2C)c1OC. The zero-order valence-corrected chi connectivity index (χ0v) is 12.7. The van der Waals surface area contributed by atoms with Gasteiger partial charge in [0.05, 0.1) is 31.2 Å². The van der Waals surface area contributed by atoms with Gasteiger partial charge in [-0.1, -0.05) is 17.7 Å². The molecule has 1 N–H and O–H groups in total. The van der Waals surface area contributed by atoms with E-state index in [1.54, 1.807) is 37.3 Å². The van der Waals surface area contributed by atoms with Crippen molar-refractivity contribution >= 4 is 23.2 Å². The number of pyridine rings is 1. The first kappa shape index (κ1) is 15.1. The Morgan fingerprint density at radius 1 is 1.19 bits per heavy atom. The highest BCUT2D eigenvalue weighted by Gasteiger charge is 2.17. The van der Waals surface area contributed by atoms with Crippen LogP contribution in [0, 0.1) is 6.92 Å². The number of nitrogens with zero attached hydrogens (tertiary/aromatic N) is 1. The molecule has 6 heteroatoms. The number of anilines is 1. The molecule has 0 spiro atoms. The topological polar surface area (TPSA) is 60.5 Å². The lowest BCUT2D eigenvalue weighted by atomic mass is 10.1. The highest BCUT2D eigenvalue weighted by Crippen LogP contribution is 2.31. The Labute approximate surface area is 127 Å². The molecule has 0 aliphatic heterocycles. The van der Waals surface area contributed by atoms with Gasteiger partial charge in [0.1, 0.15) is 5.15 Å². The first-order chi connectivity index (χ1) is 10.1. The van der Waals surface area contributed by atoms with E-state index in [4.69, 9.17) is 21.1 Å². The fourth-order valence-electron chi connectivity index (χ4n) is 1.92. The number of nitrogens with one attached hydrogen (secondary N) is 1. The third kappa shape index (κ3) is 3.25. The van der Waals surface area contributed by atoms with Gasteiger partial charge < -0.3 is 14.8 Å². The van der Waals surface area contributed by atoms with E-state index in [-0.39, 0.29) is 5.91 Å². The van der Waals surface area contributed by atoms with E-state index < -0.39 is 0 Å². The summed E-state index contributed by atoms with van der Waals surface area (Å²) >= 11 is 5.80. The van der Waals surface area contributed by atoms with E-state index in [9.17, 15) is 4.79 Å². The molecule has 1 amide bonds. The van der Waals surface area contributed by atoms with Crippen molar-refractivity contribution in [2.24, 2.45) is 0 Å². The Morgan fingerprint density at radius 3 is 2.57 bits per heavy atom. The maximum absolute atomic E-state index is 12.4. The van der Waals surface area contributed by atoms with Crippen molar-refractivity contribution < 1.29 is 14.3 Å². The molecule has 1 heterocycles. The van der Waals surface area contributed by atoms with Gasteiger partial charge in [-0.3, -0.25) is 4.79 Å². The van der Waals surface area contributed by atoms with E-state index in [2.05, 4.69) is 10.3 Å². The molecule has 5 nitrogen and oxygen atoms in total. The number of halogens is 1. The maximum Gasteiger partial charge on any atom is 0.259 e. The number of rotatable bonds is 4. The van der Waals surface area contributed by atoms with Crippen LogP contribution in [0.2, 0.25) is 5.15 Å². The Bertz CT molecular complexity index is 674. The molecular weight excluding hydrogens is 292 g/mol. The summed E-state index contributed by atoms with van der Waals surface area (Å²) in [6.45, 7) is 1.77. The predicted octanol–water partition coefficient (Wildman–Crippen LogP) is 3.31. The van der Waals surface area contributed by atoms with Gasteiger partial charge >= 0.3 is 0 Å². The first-order valence-electron chi connectivity index (χ1n) is 6.22. The van der Waals surface area contributed by atoms with E-state index in [1.807, 2.05) is 0 Å². The Kier molecular flexibility index (Phi) is 4.65. The summed E-state index contributed by atoms with van der Waals surface area (Å²) in [4.78, 5) is 16.5. The minimum absolute atomic E-state index is 0.307. The molecule has 1 aromatic carbocycles. The number of carbonyl (C=O) groups excluding carboxylic acids is 1. The molecule has 0 radical (unpaired) electrons. The van der Waals surface area contributed by atoms with Crippen LogP contribution in [0.1, 0.15) is 16.1 Å². The lowest BCUT2D eigenvalue weighted by molar-refractivity contribution is 0.102. The number of amides is 1. The van der Waals surface area contributed by atoms with Crippen LogP contribution in [-0.4, -0.2) is 25.1 Å². The van der Waals surface area contributed by atoms with Crippen molar-refractivity contribution in [1.29, 1.82) is 0 Å². The molecular formula is C15H15ClN2O3. The molecule has 0 saturated carbocycles. The molecule has 0 fully saturated rings. The number of aryl methyl sites for hydroxylation is 1. The normalized spacial score (nSPS) is 10.1. The number of hydrogen-bond donors (Lipinski definition) is 1. The lowest BCUT2D eigenvalue weighted by Gasteiger charge is -2.13. The summed E-state index contributed by atoms with van der Waals surface area (Å²) in [5.74, 6) is 0.575. The van der Waals surface area contributed by atoms with Crippen molar-refractivity contribution in [2.75, 3.05) is 19.5 Å². The molecule has 1 aromatic heterocycles. The summed E-state index contributed by atoms with van der Waals surface area (Å²) in [6.07, 6.45) is 0. The summed E-state index contributed by atoms with van der Waals surface area (Å²) in [5, 5.41) is 3.16. The molecule has 21 heavy (non-hydrogen) atoms. The number of carbonyl (C=O) groups is 1. The van der Waals surface area contributed by atoms with E-state index in [0.29, 0.717) is 33.6 Å². The van der Waals surface area contributed by atoms with E-state index >= 15 is 0 Å². The monoisotopic (exact) mass is 306 g/mol. The van der Waals surface area contributed by atoms with Gasteiger partial charge in [0.15, 0.2) is 11.5 Å². The molecule has 0 aliphatic carbocycles. The second-order valence-corrected chi connectivity index (χ2v) is 4.65. The second kappa shape index (κ2) is 6.45. The summed E-state index contributed by atoms with van der Waals surface area (Å²) < 4.78 is 10.4. The molecule has 110 valence electrons. The van der Waals surface area contributed by atoms with Crippen LogP contribution < -0.4 is 14.8 Å². The highest BCUT2D eigenvalue weighted by atomic mass is 35.5. The van der Waals surface area contributed by atoms with E-state index in [1.165, 1.54) is 14.2 Å². The number of methoxy groups -OCH3 is 2. The van der Waals surface area contributed by atoms with Crippen molar-refractivity contribution in [3.05, 3.63) is 46.7 Å². The predicted molar refractivity (Wildman–Crippen MR) is 81.5 cm³/mol. The fourth-order valence-corrected chi connectivity index (χ4v) is 2.11. The molecule has 2 aromatic rings. The fraction of sp³-hybridized carbons (Fsp3) is 0.200. The lowest BCUT2D eigenvalue weighted by Crippen LogP contribution is -2.14. The van der Waals surface area contributed by atoms with Gasteiger partial charge in [0.25, 0.3) is 5.91 Å². The first-order valence-corrected chi connectivity index (χ1v) is 6.60. The molecule has 0 bridgehead atoms. The number of benzene rings is 1. The number of aromatic nitrogens is 1. The molecule has 0 aliphatic rings. The van der Waals surface area contributed by atoms with E-state index in [0.717, 1.165) is 0 Å². The van der Waals surface area contributed by atoms with Crippen LogP contribution in [0.4, 0.5) is 5.69 Å². The molecule has 2 rings (SSSR count). The largest absolute Gasteiger partial charge is 0.493 e. The van der Waals surface area contributed by atoms with Crippen molar-refractivity contribution in [3.63, 3.8) is 0 Å². The molecule has 0 saturated heterocycles. The Hall–Kier alpha value is -2.27. The Morgan fingerprint density at radius 2 is 1.95 bits per heavy atom. The van der Waals surface area contributed by atoms with Crippen LogP contribution in [-0.2, 0) is 0 Å². The third-order valence-electron chi connectivity index (χ3n) is 2.95. The van der Waals surface area contributed by atoms with Crippen LogP contribution in [0.3, 0.4) is 0 Å². The van der Waals surface area contributed by atoms with Crippen molar-refractivity contribution in [2.45, 2.75) is 6.92 Å². The third-order valence-corrected chi connectivity index (χ3v) is 3.16. The van der Waals surface area contributed by atoms with Gasteiger partial charge in [-0.2, -0.15) is 0 Å². The van der Waals surface area contributed by atoms with Crippen molar-refractivity contribution in [3.8, 4) is 11.5 Å². The van der Waals surface area contributed by atoms with Gasteiger partial charge in [-0.25, -0.2) is 4.98 Å². The second-order valence-electron chi connectivity index (χ2n) is 4.26. The zero-order valence-electron chi connectivity index (χ0n) is 11.9. The van der Waals surface area contributed by atoms with Gasteiger partial charge in [0, 0.05) is 0 Å². The smallest absolute Gasteiger partial charge is 0.259 e. The van der Waals surface area contributed by atoms with Gasteiger partial charge in [-0.05, 0) is 31.2 Å². The minimum atomic E-state index is -0.307. The standard InChI is InChI=1S/C15H15ClN2O3/c1-9-11(7-8-13(16)17-9)18-15(19)10-5-4-6-12(20-2)14(10)21-3/h4-8H,1-3H3,(H,18,19). The summed E-state index contributed by atoms with van der Waals surface area (Å²) in [6, 6.07) is 8.44. The molecule has 0 unspecified atom stereocenters. The minimum Gasteiger partial charge on any atom is -0.493 e. The average Bonchev–Trinajstić information content (AvgIpc) is 2.49. The summed E-state index contributed by atoms with van der Waals surface area (Å²) in [7, 11) is 3.01. The highest BCUT2D eigenvalue weighted by molar-refractivity contribution is 6.29. The average molecular weight is 307 g/mol. The number of para-hydroxylation sites is 1. The van der Waals surface area contributed by atoms with Crippen LogP contribution in [0.25, 0.3) is 0 Å². The Balaban J connectivity index is 2.32. The quantitative estimate of drug-likeness (QED) is 0.880.